The van der Waals surface area contributed by atoms with Crippen LogP contribution in [0.4, 0.5) is 0 Å². The first-order chi connectivity index (χ1) is 9.96. The number of benzene rings is 1. The van der Waals surface area contributed by atoms with Crippen molar-refractivity contribution >= 4 is 10.0 Å². The quantitative estimate of drug-likeness (QED) is 0.809. The Morgan fingerprint density at radius 2 is 1.90 bits per heavy atom. The zero-order valence-corrected chi connectivity index (χ0v) is 13.9. The maximum absolute atomic E-state index is 12.6. The molecule has 1 aromatic carbocycles. The highest BCUT2D eigenvalue weighted by molar-refractivity contribution is 7.89. The molecule has 0 aliphatic carbocycles. The van der Waals surface area contributed by atoms with Crippen molar-refractivity contribution in [1.82, 2.24) is 4.31 Å². The minimum Gasteiger partial charge on any atom is -0.493 e. The lowest BCUT2D eigenvalue weighted by molar-refractivity contribution is 0.312. The predicted octanol–water partition coefficient (Wildman–Crippen LogP) is 3.38. The minimum absolute atomic E-state index is 0.227. The normalized spacial score (nSPS) is 16.6. The first-order valence-electron chi connectivity index (χ1n) is 7.73. The Bertz CT molecular complexity index is 575. The van der Waals surface area contributed by atoms with Gasteiger partial charge in [-0.25, -0.2) is 8.42 Å². The highest BCUT2D eigenvalue weighted by Crippen LogP contribution is 2.31. The van der Waals surface area contributed by atoms with Gasteiger partial charge in [-0.15, -0.1) is 0 Å². The molecule has 0 aromatic heterocycles. The molecule has 0 saturated carbocycles. The van der Waals surface area contributed by atoms with E-state index < -0.39 is 10.0 Å². The molecule has 0 radical (unpaired) electrons. The highest BCUT2D eigenvalue weighted by atomic mass is 32.2. The third-order valence-corrected chi connectivity index (χ3v) is 5.66. The Hall–Kier alpha value is -1.07. The molecule has 1 aliphatic rings. The molecule has 1 saturated heterocycles. The van der Waals surface area contributed by atoms with E-state index in [9.17, 15) is 8.42 Å². The second-order valence-corrected chi connectivity index (χ2v) is 7.75. The molecule has 0 amide bonds. The third kappa shape index (κ3) is 3.58. The summed E-state index contributed by atoms with van der Waals surface area (Å²) in [6.07, 6.45) is 2.84. The highest BCUT2D eigenvalue weighted by Gasteiger charge is 2.28. The summed E-state index contributed by atoms with van der Waals surface area (Å²) in [6.45, 7) is 8.08. The number of sulfonamides is 1. The van der Waals surface area contributed by atoms with Gasteiger partial charge in [0.25, 0.3) is 0 Å². The Morgan fingerprint density at radius 3 is 2.48 bits per heavy atom. The lowest BCUT2D eigenvalue weighted by Gasteiger charge is -2.19. The van der Waals surface area contributed by atoms with E-state index >= 15 is 0 Å². The Morgan fingerprint density at radius 1 is 1.24 bits per heavy atom. The van der Waals surface area contributed by atoms with Crippen molar-refractivity contribution in [3.05, 3.63) is 23.8 Å². The van der Waals surface area contributed by atoms with Crippen LogP contribution in [0.2, 0.25) is 0 Å². The fourth-order valence-electron chi connectivity index (χ4n) is 2.56. The van der Waals surface area contributed by atoms with Gasteiger partial charge >= 0.3 is 0 Å². The van der Waals surface area contributed by atoms with Gasteiger partial charge in [0.2, 0.25) is 10.0 Å². The van der Waals surface area contributed by atoms with Gasteiger partial charge in [0.15, 0.2) is 0 Å². The number of hydrogen-bond donors (Lipinski definition) is 0. The van der Waals surface area contributed by atoms with Gasteiger partial charge in [-0.1, -0.05) is 20.8 Å². The summed E-state index contributed by atoms with van der Waals surface area (Å²) in [6, 6.07) is 5.25. The van der Waals surface area contributed by atoms with Crippen LogP contribution in [0.1, 0.15) is 51.5 Å². The average molecular weight is 311 g/mol. The van der Waals surface area contributed by atoms with Gasteiger partial charge in [0.05, 0.1) is 11.5 Å². The van der Waals surface area contributed by atoms with Crippen LogP contribution < -0.4 is 4.74 Å². The molecule has 118 valence electrons. The molecular formula is C16H25NO3S. The smallest absolute Gasteiger partial charge is 0.243 e. The zero-order chi connectivity index (χ0) is 15.5. The average Bonchev–Trinajstić information content (AvgIpc) is 2.99. The van der Waals surface area contributed by atoms with Gasteiger partial charge in [0.1, 0.15) is 5.75 Å². The zero-order valence-electron chi connectivity index (χ0n) is 13.1. The fourth-order valence-corrected chi connectivity index (χ4v) is 4.11. The molecule has 4 nitrogen and oxygen atoms in total. The van der Waals surface area contributed by atoms with Crippen molar-refractivity contribution in [2.45, 2.75) is 50.8 Å². The van der Waals surface area contributed by atoms with Crippen molar-refractivity contribution in [3.8, 4) is 5.75 Å². The van der Waals surface area contributed by atoms with Crippen molar-refractivity contribution in [2.75, 3.05) is 19.7 Å². The Balaban J connectivity index is 2.35. The molecule has 1 heterocycles. The molecule has 1 aliphatic heterocycles. The van der Waals surface area contributed by atoms with Crippen molar-refractivity contribution < 1.29 is 13.2 Å². The van der Waals surface area contributed by atoms with Crippen molar-refractivity contribution in [3.63, 3.8) is 0 Å². The van der Waals surface area contributed by atoms with E-state index in [0.717, 1.165) is 30.6 Å². The Labute approximate surface area is 128 Å². The lowest BCUT2D eigenvalue weighted by atomic mass is 10.0. The van der Waals surface area contributed by atoms with Crippen LogP contribution in [0.5, 0.6) is 5.75 Å². The molecule has 1 fully saturated rings. The summed E-state index contributed by atoms with van der Waals surface area (Å²) < 4.78 is 32.6. The van der Waals surface area contributed by atoms with Crippen LogP contribution in [0.25, 0.3) is 0 Å². The standard InChI is InChI=1S/C16H25NO3S/c1-4-11-20-16-8-7-14(12-15(16)13(2)3)21(18,19)17-9-5-6-10-17/h7-8,12-13H,4-6,9-11H2,1-3H3. The van der Waals surface area contributed by atoms with Gasteiger partial charge in [-0.3, -0.25) is 0 Å². The first kappa shape index (κ1) is 16.3. The van der Waals surface area contributed by atoms with Gasteiger partial charge in [-0.05, 0) is 48.9 Å². The second kappa shape index (κ2) is 6.79. The molecule has 21 heavy (non-hydrogen) atoms. The SMILES string of the molecule is CCCOc1ccc(S(=O)(=O)N2CCCC2)cc1C(C)C. The molecule has 2 rings (SSSR count). The van der Waals surface area contributed by atoms with Crippen LogP contribution >= 0.6 is 0 Å². The number of rotatable bonds is 6. The van der Waals surface area contributed by atoms with Crippen molar-refractivity contribution in [2.24, 2.45) is 0 Å². The summed E-state index contributed by atoms with van der Waals surface area (Å²) >= 11 is 0. The number of nitrogens with zero attached hydrogens (tertiary/aromatic N) is 1. The third-order valence-electron chi connectivity index (χ3n) is 3.77. The lowest BCUT2D eigenvalue weighted by Crippen LogP contribution is -2.28. The van der Waals surface area contributed by atoms with Crippen LogP contribution in [0.15, 0.2) is 23.1 Å². The molecule has 0 unspecified atom stereocenters. The molecule has 0 bridgehead atoms. The van der Waals surface area contributed by atoms with E-state index in [4.69, 9.17) is 4.74 Å². The maximum atomic E-state index is 12.6. The van der Waals surface area contributed by atoms with Crippen molar-refractivity contribution in [1.29, 1.82) is 0 Å². The van der Waals surface area contributed by atoms with Gasteiger partial charge in [0, 0.05) is 13.1 Å². The maximum Gasteiger partial charge on any atom is 0.243 e. The van der Waals surface area contributed by atoms with Crippen LogP contribution in [-0.2, 0) is 10.0 Å². The van der Waals surface area contributed by atoms with E-state index in [0.29, 0.717) is 24.6 Å². The number of ether oxygens (including phenoxy) is 1. The summed E-state index contributed by atoms with van der Waals surface area (Å²) in [5, 5.41) is 0. The Kier molecular flexibility index (Phi) is 5.27. The van der Waals surface area contributed by atoms with E-state index in [2.05, 4.69) is 20.8 Å². The summed E-state index contributed by atoms with van der Waals surface area (Å²) in [5.74, 6) is 1.03. The van der Waals surface area contributed by atoms with E-state index in [1.807, 2.05) is 0 Å². The van der Waals surface area contributed by atoms with Crippen LogP contribution in [0.3, 0.4) is 0 Å². The van der Waals surface area contributed by atoms with Gasteiger partial charge < -0.3 is 4.74 Å². The molecular weight excluding hydrogens is 286 g/mol. The molecule has 0 spiro atoms. The molecule has 0 atom stereocenters. The van der Waals surface area contributed by atoms with Gasteiger partial charge in [-0.2, -0.15) is 4.31 Å². The van der Waals surface area contributed by atoms with E-state index in [1.54, 1.807) is 22.5 Å². The summed E-state index contributed by atoms with van der Waals surface area (Å²) in [7, 11) is -3.35. The van der Waals surface area contributed by atoms with E-state index in [-0.39, 0.29) is 5.92 Å². The molecule has 0 N–H and O–H groups in total. The first-order valence-corrected chi connectivity index (χ1v) is 9.17. The van der Waals surface area contributed by atoms with E-state index in [1.165, 1.54) is 0 Å². The topological polar surface area (TPSA) is 46.6 Å². The monoisotopic (exact) mass is 311 g/mol. The fraction of sp³-hybridized carbons (Fsp3) is 0.625. The predicted molar refractivity (Wildman–Crippen MR) is 84.3 cm³/mol. The molecule has 1 aromatic rings. The van der Waals surface area contributed by atoms with Crippen LogP contribution in [-0.4, -0.2) is 32.4 Å². The summed E-state index contributed by atoms with van der Waals surface area (Å²) in [4.78, 5) is 0.386. The number of hydrogen-bond acceptors (Lipinski definition) is 3. The molecule has 5 heteroatoms. The van der Waals surface area contributed by atoms with Crippen LogP contribution in [0, 0.1) is 0 Å². The largest absolute Gasteiger partial charge is 0.493 e. The summed E-state index contributed by atoms with van der Waals surface area (Å²) in [5.41, 5.74) is 0.962. The minimum atomic E-state index is -3.35. The second-order valence-electron chi connectivity index (χ2n) is 5.81.